The lowest BCUT2D eigenvalue weighted by molar-refractivity contribution is 1.00. The highest BCUT2D eigenvalue weighted by Crippen LogP contribution is 2.21. The molecule has 0 radical (unpaired) electrons. The average molecular weight is 246 g/mol. The summed E-state index contributed by atoms with van der Waals surface area (Å²) in [6, 6.07) is 15.0. The summed E-state index contributed by atoms with van der Waals surface area (Å²) in [5, 5.41) is 0. The van der Waals surface area contributed by atoms with Crippen LogP contribution in [0.25, 0.3) is 0 Å². The monoisotopic (exact) mass is 246 g/mol. The van der Waals surface area contributed by atoms with Crippen LogP contribution < -0.4 is 0 Å². The number of benzene rings is 1. The molecule has 0 unspecified atom stereocenters. The van der Waals surface area contributed by atoms with Gasteiger partial charge in [-0.3, -0.25) is 0 Å². The molecule has 0 nitrogen and oxygen atoms in total. The fourth-order valence-corrected chi connectivity index (χ4v) is 5.21. The summed E-state index contributed by atoms with van der Waals surface area (Å²) in [6.07, 6.45) is 4.81. The normalized spacial score (nSPS) is 12.2. The predicted octanol–water partition coefficient (Wildman–Crippen LogP) is 5.22. The first kappa shape index (κ1) is 14.2. The predicted molar refractivity (Wildman–Crippen MR) is 81.1 cm³/mol. The molecule has 0 heterocycles. The van der Waals surface area contributed by atoms with Crippen LogP contribution in [0.15, 0.2) is 42.1 Å². The summed E-state index contributed by atoms with van der Waals surface area (Å²) in [7, 11) is -1.04. The zero-order valence-corrected chi connectivity index (χ0v) is 12.6. The minimum atomic E-state index is -1.04. The summed E-state index contributed by atoms with van der Waals surface area (Å²) in [5.41, 5.74) is 4.05. The van der Waals surface area contributed by atoms with Crippen molar-refractivity contribution in [2.45, 2.75) is 51.7 Å². The van der Waals surface area contributed by atoms with Crippen molar-refractivity contribution in [3.8, 4) is 0 Å². The van der Waals surface area contributed by atoms with Crippen molar-refractivity contribution in [1.82, 2.24) is 0 Å². The highest BCUT2D eigenvalue weighted by Gasteiger charge is 2.22. The van der Waals surface area contributed by atoms with E-state index in [4.69, 9.17) is 0 Å². The largest absolute Gasteiger partial charge is 0.0981 e. The maximum absolute atomic E-state index is 2.59. The van der Waals surface area contributed by atoms with Gasteiger partial charge in [-0.25, -0.2) is 0 Å². The van der Waals surface area contributed by atoms with Crippen LogP contribution in [-0.2, 0) is 6.42 Å². The van der Waals surface area contributed by atoms with E-state index in [2.05, 4.69) is 62.9 Å². The third kappa shape index (κ3) is 4.51. The Hall–Kier alpha value is -0.823. The van der Waals surface area contributed by atoms with E-state index in [0.29, 0.717) is 0 Å². The van der Waals surface area contributed by atoms with Crippen molar-refractivity contribution in [2.24, 2.45) is 0 Å². The molecule has 0 aliphatic carbocycles. The van der Waals surface area contributed by atoms with Crippen LogP contribution in [0.2, 0.25) is 18.1 Å². The second-order valence-electron chi connectivity index (χ2n) is 4.85. The van der Waals surface area contributed by atoms with E-state index < -0.39 is 8.07 Å². The highest BCUT2D eigenvalue weighted by molar-refractivity contribution is 6.84. The van der Waals surface area contributed by atoms with Crippen LogP contribution in [0.4, 0.5) is 0 Å². The van der Waals surface area contributed by atoms with Crippen molar-refractivity contribution >= 4 is 8.07 Å². The fraction of sp³-hybridized carbons (Fsp3) is 0.500. The first-order chi connectivity index (χ1) is 8.26. The number of aryl methyl sites for hydroxylation is 1. The molecule has 0 fully saturated rings. The molecule has 0 spiro atoms. The van der Waals surface area contributed by atoms with Crippen LogP contribution in [0.3, 0.4) is 0 Å². The topological polar surface area (TPSA) is 0 Å². The molecule has 0 aliphatic rings. The van der Waals surface area contributed by atoms with E-state index in [1.165, 1.54) is 36.5 Å². The Morgan fingerprint density at radius 1 is 0.941 bits per heavy atom. The summed E-state index contributed by atoms with van der Waals surface area (Å²) in [4.78, 5) is 0. The molecular weight excluding hydrogens is 220 g/mol. The third-order valence-corrected chi connectivity index (χ3v) is 9.19. The Bertz CT molecular complexity index is 314. The molecule has 0 saturated carbocycles. The van der Waals surface area contributed by atoms with E-state index in [1.54, 1.807) is 0 Å². The van der Waals surface area contributed by atoms with E-state index >= 15 is 0 Å². The summed E-state index contributed by atoms with van der Waals surface area (Å²) < 4.78 is 0. The van der Waals surface area contributed by atoms with Crippen molar-refractivity contribution in [1.29, 1.82) is 0 Å². The second kappa shape index (κ2) is 7.49. The molecule has 0 saturated heterocycles. The van der Waals surface area contributed by atoms with Crippen LogP contribution in [0.5, 0.6) is 0 Å². The molecule has 0 aromatic heterocycles. The number of allylic oxidation sites excluding steroid dienone is 1. The Kier molecular flexibility index (Phi) is 6.28. The van der Waals surface area contributed by atoms with Gasteiger partial charge in [-0.05, 0) is 18.4 Å². The Morgan fingerprint density at radius 2 is 1.53 bits per heavy atom. The molecule has 0 amide bonds. The molecule has 1 aromatic rings. The highest BCUT2D eigenvalue weighted by atomic mass is 28.3. The lowest BCUT2D eigenvalue weighted by atomic mass is 10.1. The number of hydrogen-bond acceptors (Lipinski definition) is 0. The van der Waals surface area contributed by atoms with Gasteiger partial charge < -0.3 is 0 Å². The smallest absolute Gasteiger partial charge is 0.0766 e. The van der Waals surface area contributed by atoms with Gasteiger partial charge in [0.15, 0.2) is 0 Å². The van der Waals surface area contributed by atoms with Gasteiger partial charge in [0.2, 0.25) is 0 Å². The molecule has 94 valence electrons. The van der Waals surface area contributed by atoms with Gasteiger partial charge in [0.05, 0.1) is 8.07 Å². The first-order valence-electron chi connectivity index (χ1n) is 6.98. The zero-order chi connectivity index (χ0) is 12.6. The lowest BCUT2D eigenvalue weighted by Gasteiger charge is -2.23. The van der Waals surface area contributed by atoms with Gasteiger partial charge in [-0.15, -0.1) is 0 Å². The van der Waals surface area contributed by atoms with E-state index in [1.807, 2.05) is 0 Å². The van der Waals surface area contributed by atoms with Gasteiger partial charge in [0.25, 0.3) is 0 Å². The lowest BCUT2D eigenvalue weighted by Crippen LogP contribution is -2.28. The van der Waals surface area contributed by atoms with Gasteiger partial charge >= 0.3 is 0 Å². The first-order valence-corrected chi connectivity index (χ1v) is 9.68. The van der Waals surface area contributed by atoms with Crippen molar-refractivity contribution in [2.75, 3.05) is 0 Å². The standard InChI is InChI=1S/C16H26Si/c1-4-17(5-2,6-3)15-11-10-14-16-12-8-7-9-13-16/h7-9,11-13,15H,4-6,10,14H2,1-3H3/b15-11-. The fourth-order valence-electron chi connectivity index (χ4n) is 2.33. The molecule has 17 heavy (non-hydrogen) atoms. The molecule has 1 aromatic carbocycles. The molecule has 0 aliphatic heterocycles. The third-order valence-electron chi connectivity index (χ3n) is 4.03. The molecule has 0 atom stereocenters. The minimum absolute atomic E-state index is 1.04. The van der Waals surface area contributed by atoms with E-state index in [-0.39, 0.29) is 0 Å². The average Bonchev–Trinajstić information content (AvgIpc) is 2.41. The summed E-state index contributed by atoms with van der Waals surface area (Å²) >= 11 is 0. The Balaban J connectivity index is 2.44. The van der Waals surface area contributed by atoms with Crippen LogP contribution in [0.1, 0.15) is 32.8 Å². The van der Waals surface area contributed by atoms with Gasteiger partial charge in [-0.1, -0.05) is 81.0 Å². The molecule has 1 rings (SSSR count). The van der Waals surface area contributed by atoms with Gasteiger partial charge in [0.1, 0.15) is 0 Å². The van der Waals surface area contributed by atoms with E-state index in [0.717, 1.165) is 0 Å². The zero-order valence-electron chi connectivity index (χ0n) is 11.6. The van der Waals surface area contributed by atoms with E-state index in [9.17, 15) is 0 Å². The quantitative estimate of drug-likeness (QED) is 0.578. The Labute approximate surface area is 108 Å². The van der Waals surface area contributed by atoms with Gasteiger partial charge in [-0.2, -0.15) is 0 Å². The maximum atomic E-state index is 2.59. The van der Waals surface area contributed by atoms with Crippen molar-refractivity contribution < 1.29 is 0 Å². The molecule has 0 bridgehead atoms. The molecule has 1 heteroatoms. The van der Waals surface area contributed by atoms with Crippen molar-refractivity contribution in [3.05, 3.63) is 47.7 Å². The maximum Gasteiger partial charge on any atom is 0.0766 e. The van der Waals surface area contributed by atoms with Gasteiger partial charge in [0, 0.05) is 0 Å². The van der Waals surface area contributed by atoms with Crippen LogP contribution in [-0.4, -0.2) is 8.07 Å². The molecule has 0 N–H and O–H groups in total. The summed E-state index contributed by atoms with van der Waals surface area (Å²) in [5.74, 6) is 0. The molecular formula is C16H26Si. The SMILES string of the molecule is CC[Si](/C=C\CCc1ccccc1)(CC)CC. The van der Waals surface area contributed by atoms with Crippen LogP contribution >= 0.6 is 0 Å². The van der Waals surface area contributed by atoms with Crippen molar-refractivity contribution in [3.63, 3.8) is 0 Å². The number of rotatable bonds is 7. The number of hydrogen-bond donors (Lipinski definition) is 0. The second-order valence-corrected chi connectivity index (χ2v) is 10.0. The summed E-state index contributed by atoms with van der Waals surface area (Å²) in [6.45, 7) is 7.09. The van der Waals surface area contributed by atoms with Crippen LogP contribution in [0, 0.1) is 0 Å². The minimum Gasteiger partial charge on any atom is -0.0981 e. The Morgan fingerprint density at radius 3 is 2.06 bits per heavy atom.